The van der Waals surface area contributed by atoms with Crippen molar-refractivity contribution in [2.24, 2.45) is 4.99 Å². The minimum Gasteiger partial charge on any atom is -0.334 e. The van der Waals surface area contributed by atoms with E-state index in [1.54, 1.807) is 18.2 Å². The largest absolute Gasteiger partial charge is 0.334 e. The molecule has 0 spiro atoms. The molecular formula is C22H21N3O3S3. The number of hydrogen-bond acceptors (Lipinski definition) is 7. The fourth-order valence-electron chi connectivity index (χ4n) is 3.28. The summed E-state index contributed by atoms with van der Waals surface area (Å²) in [6.07, 6.45) is 1.57. The highest BCUT2D eigenvalue weighted by Gasteiger charge is 2.45. The summed E-state index contributed by atoms with van der Waals surface area (Å²) in [4.78, 5) is 21.3. The van der Waals surface area contributed by atoms with E-state index in [4.69, 9.17) is 0 Å². The van der Waals surface area contributed by atoms with Gasteiger partial charge in [0.25, 0.3) is 15.9 Å². The number of anilines is 1. The Labute approximate surface area is 190 Å². The van der Waals surface area contributed by atoms with Crippen LogP contribution in [0.5, 0.6) is 0 Å². The Balaban J connectivity index is 1.82. The van der Waals surface area contributed by atoms with E-state index >= 15 is 0 Å². The molecule has 4 rings (SSSR count). The summed E-state index contributed by atoms with van der Waals surface area (Å²) in [5, 5.41) is 0.868. The van der Waals surface area contributed by atoms with Crippen molar-refractivity contribution in [2.45, 2.75) is 23.6 Å². The maximum atomic E-state index is 13.5. The monoisotopic (exact) mass is 471 g/mol. The highest BCUT2D eigenvalue weighted by Crippen LogP contribution is 2.51. The van der Waals surface area contributed by atoms with Gasteiger partial charge in [0.05, 0.1) is 17.1 Å². The molecule has 0 aromatic heterocycles. The van der Waals surface area contributed by atoms with Crippen LogP contribution in [-0.4, -0.2) is 36.9 Å². The third kappa shape index (κ3) is 3.81. The molecule has 2 aliphatic heterocycles. The number of para-hydroxylation sites is 1. The van der Waals surface area contributed by atoms with E-state index in [0.717, 1.165) is 37.2 Å². The summed E-state index contributed by atoms with van der Waals surface area (Å²) in [6.45, 7) is 8.39. The fourth-order valence-corrected chi connectivity index (χ4v) is 7.27. The van der Waals surface area contributed by atoms with Crippen molar-refractivity contribution in [3.8, 4) is 0 Å². The van der Waals surface area contributed by atoms with Crippen LogP contribution in [0.1, 0.15) is 12.5 Å². The first-order chi connectivity index (χ1) is 14.9. The van der Waals surface area contributed by atoms with Gasteiger partial charge < -0.3 is 4.90 Å². The SMILES string of the molecule is C=CCN=C1S/C(=C2/Sc3ccccc3N2CC)C(=O)N1S(=O)(=O)c1ccc(C)cc1. The van der Waals surface area contributed by atoms with Gasteiger partial charge in [0.15, 0.2) is 5.17 Å². The highest BCUT2D eigenvalue weighted by molar-refractivity contribution is 8.20. The molecule has 9 heteroatoms. The van der Waals surface area contributed by atoms with E-state index in [0.29, 0.717) is 11.4 Å². The van der Waals surface area contributed by atoms with Crippen molar-refractivity contribution in [3.05, 3.63) is 76.7 Å². The molecule has 0 aliphatic carbocycles. The molecule has 1 saturated heterocycles. The predicted molar refractivity (Wildman–Crippen MR) is 128 cm³/mol. The lowest BCUT2D eigenvalue weighted by Crippen LogP contribution is -2.36. The zero-order valence-electron chi connectivity index (χ0n) is 17.1. The van der Waals surface area contributed by atoms with E-state index in [2.05, 4.69) is 11.6 Å². The van der Waals surface area contributed by atoms with Gasteiger partial charge in [0, 0.05) is 11.4 Å². The van der Waals surface area contributed by atoms with Crippen molar-refractivity contribution in [2.75, 3.05) is 18.0 Å². The third-order valence-electron chi connectivity index (χ3n) is 4.78. The standard InChI is InChI=1S/C22H21N3O3S3/c1-4-14-23-22-25(31(27,28)16-12-10-15(3)11-13-16)20(26)19(30-22)21-24(5-2)17-8-6-7-9-18(17)29-21/h4,6-13H,1,5,14H2,2-3H3/b21-19+,23-22?. The normalized spacial score (nSPS) is 19.9. The zero-order chi connectivity index (χ0) is 22.2. The van der Waals surface area contributed by atoms with E-state index in [1.807, 2.05) is 43.0 Å². The lowest BCUT2D eigenvalue weighted by molar-refractivity contribution is -0.119. The molecule has 0 bridgehead atoms. The predicted octanol–water partition coefficient (Wildman–Crippen LogP) is 4.60. The zero-order valence-corrected chi connectivity index (χ0v) is 19.6. The number of rotatable bonds is 5. The first-order valence-electron chi connectivity index (χ1n) is 9.66. The number of aliphatic imine (C=N–C) groups is 1. The van der Waals surface area contributed by atoms with Crippen LogP contribution in [0.4, 0.5) is 5.69 Å². The van der Waals surface area contributed by atoms with Gasteiger partial charge in [-0.1, -0.05) is 47.7 Å². The Morgan fingerprint density at radius 1 is 1.10 bits per heavy atom. The molecule has 0 unspecified atom stereocenters. The maximum absolute atomic E-state index is 13.5. The van der Waals surface area contributed by atoms with Gasteiger partial charge in [-0.05, 0) is 49.9 Å². The lowest BCUT2D eigenvalue weighted by Gasteiger charge is -2.19. The summed E-state index contributed by atoms with van der Waals surface area (Å²) >= 11 is 2.57. The van der Waals surface area contributed by atoms with E-state index < -0.39 is 15.9 Å². The fraction of sp³-hybridized carbons (Fsp3) is 0.182. The van der Waals surface area contributed by atoms with Crippen LogP contribution in [0.25, 0.3) is 0 Å². The van der Waals surface area contributed by atoms with Gasteiger partial charge in [0.2, 0.25) is 0 Å². The number of benzene rings is 2. The molecule has 2 aliphatic rings. The Morgan fingerprint density at radius 3 is 2.48 bits per heavy atom. The van der Waals surface area contributed by atoms with Crippen molar-refractivity contribution in [3.63, 3.8) is 0 Å². The first kappa shape index (κ1) is 21.7. The molecule has 0 radical (unpaired) electrons. The van der Waals surface area contributed by atoms with Crippen molar-refractivity contribution < 1.29 is 13.2 Å². The number of hydrogen-bond donors (Lipinski definition) is 0. The second kappa shape index (κ2) is 8.57. The summed E-state index contributed by atoms with van der Waals surface area (Å²) in [5.41, 5.74) is 1.94. The van der Waals surface area contributed by atoms with Crippen LogP contribution in [0, 0.1) is 6.92 Å². The number of amides is 1. The molecule has 6 nitrogen and oxygen atoms in total. The van der Waals surface area contributed by atoms with Crippen LogP contribution in [0.15, 0.2) is 85.9 Å². The summed E-state index contributed by atoms with van der Waals surface area (Å²) < 4.78 is 27.6. The number of carbonyl (C=O) groups is 1. The number of nitrogens with zero attached hydrogens (tertiary/aromatic N) is 3. The van der Waals surface area contributed by atoms with Gasteiger partial charge in [0.1, 0.15) is 9.93 Å². The van der Waals surface area contributed by atoms with Gasteiger partial charge in [-0.3, -0.25) is 9.79 Å². The molecule has 31 heavy (non-hydrogen) atoms. The van der Waals surface area contributed by atoms with Crippen LogP contribution >= 0.6 is 23.5 Å². The topological polar surface area (TPSA) is 70.1 Å². The van der Waals surface area contributed by atoms with Gasteiger partial charge in [-0.25, -0.2) is 8.42 Å². The second-order valence-electron chi connectivity index (χ2n) is 6.85. The van der Waals surface area contributed by atoms with Gasteiger partial charge in [-0.2, -0.15) is 4.31 Å². The molecule has 2 aromatic rings. The Bertz CT molecular complexity index is 1220. The minimum absolute atomic E-state index is 0.0549. The number of thioether (sulfide) groups is 2. The minimum atomic E-state index is -4.10. The van der Waals surface area contributed by atoms with Gasteiger partial charge in [-0.15, -0.1) is 6.58 Å². The second-order valence-corrected chi connectivity index (χ2v) is 10.6. The average Bonchev–Trinajstić information content (AvgIpc) is 3.29. The van der Waals surface area contributed by atoms with E-state index in [-0.39, 0.29) is 16.6 Å². The Morgan fingerprint density at radius 2 is 1.81 bits per heavy atom. The molecule has 0 atom stereocenters. The number of carbonyl (C=O) groups excluding carboxylic acids is 1. The first-order valence-corrected chi connectivity index (χ1v) is 12.7. The Hall–Kier alpha value is -2.49. The van der Waals surface area contributed by atoms with Crippen molar-refractivity contribution in [1.29, 1.82) is 0 Å². The van der Waals surface area contributed by atoms with Crippen molar-refractivity contribution >= 4 is 50.3 Å². The van der Waals surface area contributed by atoms with Crippen LogP contribution in [0.3, 0.4) is 0 Å². The lowest BCUT2D eigenvalue weighted by atomic mass is 10.2. The van der Waals surface area contributed by atoms with E-state index in [1.165, 1.54) is 23.9 Å². The third-order valence-corrected chi connectivity index (χ3v) is 8.96. The Kier molecular flexibility index (Phi) is 6.00. The summed E-state index contributed by atoms with van der Waals surface area (Å²) in [6, 6.07) is 14.3. The highest BCUT2D eigenvalue weighted by atomic mass is 32.2. The average molecular weight is 472 g/mol. The maximum Gasteiger partial charge on any atom is 0.283 e. The number of aryl methyl sites for hydroxylation is 1. The molecule has 0 saturated carbocycles. The van der Waals surface area contributed by atoms with Crippen LogP contribution in [-0.2, 0) is 14.8 Å². The molecule has 160 valence electrons. The molecular weight excluding hydrogens is 450 g/mol. The van der Waals surface area contributed by atoms with Crippen LogP contribution < -0.4 is 4.90 Å². The number of sulfonamides is 1. The van der Waals surface area contributed by atoms with Gasteiger partial charge >= 0.3 is 0 Å². The number of amidine groups is 1. The van der Waals surface area contributed by atoms with Crippen molar-refractivity contribution in [1.82, 2.24) is 4.31 Å². The quantitative estimate of drug-likeness (QED) is 0.469. The number of fused-ring (bicyclic) bond motifs is 1. The van der Waals surface area contributed by atoms with Crippen LogP contribution in [0.2, 0.25) is 0 Å². The molecule has 1 amide bonds. The molecule has 0 N–H and O–H groups in total. The van der Waals surface area contributed by atoms with E-state index in [9.17, 15) is 13.2 Å². The molecule has 2 aromatic carbocycles. The smallest absolute Gasteiger partial charge is 0.283 e. The summed E-state index contributed by atoms with van der Waals surface area (Å²) in [7, 11) is -4.10. The molecule has 2 heterocycles. The molecule has 1 fully saturated rings. The summed E-state index contributed by atoms with van der Waals surface area (Å²) in [5.74, 6) is -0.581.